The number of amides is 3. The molecule has 0 radical (unpaired) electrons. The highest BCUT2D eigenvalue weighted by atomic mass is 19.1. The summed E-state index contributed by atoms with van der Waals surface area (Å²) >= 11 is 0. The standard InChI is InChI=1S/C42H49F2N9O5/c1-20(2)36(45)40(54)51-11-7-8-31(51)38-46-17-28(48-38)23-9-10-30-25(12-23)14-32-35-27(44)13-24(15-34(35)58-22(5)53(30)32)29-18-47-39(49-29)33-16-26(43)19-52(33)41(55)37(21(3)4)50-42(56)57-6/h9-10,12-15,17-18,20-22,26,31,33,36-37H,7-8,11,16,19,45H2,1-6H3,(H,46,48)(H,47,49)(H,50,56)/t22?,26-,31+,33+,36+,37+/m1/s1. The van der Waals surface area contributed by atoms with Gasteiger partial charge in [0.05, 0.1) is 72.3 Å². The number of nitrogens with two attached hydrogens (primary N) is 1. The van der Waals surface area contributed by atoms with Gasteiger partial charge in [-0.3, -0.25) is 9.59 Å². The van der Waals surface area contributed by atoms with Crippen molar-refractivity contribution in [2.45, 2.75) is 90.4 Å². The Morgan fingerprint density at radius 3 is 2.34 bits per heavy atom. The molecule has 3 aromatic heterocycles. The number of hydrogen-bond acceptors (Lipinski definition) is 8. The number of methoxy groups -OCH3 is 1. The average molecular weight is 798 g/mol. The van der Waals surface area contributed by atoms with Crippen LogP contribution in [0.25, 0.3) is 44.7 Å². The fraction of sp³-hybridized carbons (Fsp3) is 0.452. The van der Waals surface area contributed by atoms with Gasteiger partial charge in [0.2, 0.25) is 11.8 Å². The molecule has 58 heavy (non-hydrogen) atoms. The number of fused-ring (bicyclic) bond motifs is 5. The van der Waals surface area contributed by atoms with Crippen LogP contribution in [0.3, 0.4) is 0 Å². The zero-order valence-corrected chi connectivity index (χ0v) is 33.4. The third-order valence-corrected chi connectivity index (χ3v) is 11.7. The number of halogens is 2. The van der Waals surface area contributed by atoms with E-state index in [1.54, 1.807) is 26.1 Å². The van der Waals surface area contributed by atoms with Crippen molar-refractivity contribution in [3.8, 4) is 39.5 Å². The van der Waals surface area contributed by atoms with E-state index < -0.39 is 48.3 Å². The molecule has 0 spiro atoms. The Bertz CT molecular complexity index is 2390. The number of H-pyrrole nitrogens is 2. The van der Waals surface area contributed by atoms with E-state index in [1.807, 2.05) is 54.5 Å². The van der Waals surface area contributed by atoms with E-state index in [2.05, 4.69) is 25.3 Å². The predicted octanol–water partition coefficient (Wildman–Crippen LogP) is 6.78. The highest BCUT2D eigenvalue weighted by Crippen LogP contribution is 2.46. The Balaban J connectivity index is 1.05. The molecule has 5 aromatic rings. The lowest BCUT2D eigenvalue weighted by Crippen LogP contribution is -2.51. The Kier molecular flexibility index (Phi) is 10.2. The smallest absolute Gasteiger partial charge is 0.407 e. The quantitative estimate of drug-likeness (QED) is 0.126. The number of imidazole rings is 2. The minimum Gasteiger partial charge on any atom is -0.470 e. The second kappa shape index (κ2) is 15.2. The van der Waals surface area contributed by atoms with Crippen LogP contribution in [0.15, 0.2) is 48.8 Å². The average Bonchev–Trinajstić information content (AvgIpc) is 4.04. The molecule has 6 heterocycles. The Hall–Kier alpha value is -5.77. The molecule has 0 aliphatic carbocycles. The normalized spacial score (nSPS) is 21.3. The summed E-state index contributed by atoms with van der Waals surface area (Å²) in [4.78, 5) is 57.8. The minimum absolute atomic E-state index is 0.0163. The van der Waals surface area contributed by atoms with Crippen molar-refractivity contribution < 1.29 is 32.6 Å². The number of carbonyl (C=O) groups is 3. The summed E-state index contributed by atoms with van der Waals surface area (Å²) in [6.45, 7) is 9.85. The first-order valence-electron chi connectivity index (χ1n) is 19.8. The molecule has 2 aromatic carbocycles. The van der Waals surface area contributed by atoms with Gasteiger partial charge in [-0.05, 0) is 61.9 Å². The fourth-order valence-corrected chi connectivity index (χ4v) is 8.57. The molecular weight excluding hydrogens is 749 g/mol. The second-order valence-electron chi connectivity index (χ2n) is 16.2. The number of aromatic amines is 2. The maximum atomic E-state index is 16.3. The SMILES string of the molecule is COC(=O)N[C@H](C(=O)N1C[C@H](F)C[C@H]1c1ncc(-c2cc(F)c3c(c2)OC(C)n2c-3cc3cc(-c4cnc([C@@H]5CCCN5C(=O)[C@@H](N)C(C)C)[nH]4)ccc32)[nH]1)C(C)C. The van der Waals surface area contributed by atoms with E-state index in [0.717, 1.165) is 40.8 Å². The summed E-state index contributed by atoms with van der Waals surface area (Å²) in [7, 11) is 1.21. The summed E-state index contributed by atoms with van der Waals surface area (Å²) in [5, 5.41) is 3.45. The number of aromatic nitrogens is 5. The van der Waals surface area contributed by atoms with Gasteiger partial charge < -0.3 is 44.9 Å². The highest BCUT2D eigenvalue weighted by Gasteiger charge is 2.42. The van der Waals surface area contributed by atoms with Crippen LogP contribution in [0.2, 0.25) is 0 Å². The lowest BCUT2D eigenvalue weighted by atomic mass is 10.0. The van der Waals surface area contributed by atoms with E-state index in [0.29, 0.717) is 40.6 Å². The second-order valence-corrected chi connectivity index (χ2v) is 16.2. The van der Waals surface area contributed by atoms with Gasteiger partial charge in [0.25, 0.3) is 0 Å². The van der Waals surface area contributed by atoms with Crippen LogP contribution >= 0.6 is 0 Å². The number of alkyl carbamates (subject to hydrolysis) is 1. The lowest BCUT2D eigenvalue weighted by Gasteiger charge is -2.29. The van der Waals surface area contributed by atoms with Crippen LogP contribution in [0.4, 0.5) is 13.6 Å². The molecule has 0 bridgehead atoms. The summed E-state index contributed by atoms with van der Waals surface area (Å²) in [6.07, 6.45) is 2.49. The molecule has 3 amide bonds. The molecule has 5 N–H and O–H groups in total. The van der Waals surface area contributed by atoms with Gasteiger partial charge in [-0.1, -0.05) is 33.8 Å². The number of likely N-dealkylation sites (tertiary alicyclic amines) is 2. The topological polar surface area (TPSA) is 176 Å². The van der Waals surface area contributed by atoms with Gasteiger partial charge in [-0.2, -0.15) is 0 Å². The highest BCUT2D eigenvalue weighted by molar-refractivity contribution is 5.92. The molecule has 0 saturated carbocycles. The van der Waals surface area contributed by atoms with E-state index >= 15 is 4.39 Å². The molecule has 8 rings (SSSR count). The maximum absolute atomic E-state index is 16.3. The number of alkyl halides is 1. The van der Waals surface area contributed by atoms with Crippen LogP contribution in [0.5, 0.6) is 5.75 Å². The fourth-order valence-electron chi connectivity index (χ4n) is 8.57. The van der Waals surface area contributed by atoms with Gasteiger partial charge in [0, 0.05) is 29.5 Å². The van der Waals surface area contributed by atoms with E-state index in [1.165, 1.54) is 24.3 Å². The van der Waals surface area contributed by atoms with Gasteiger partial charge in [0.15, 0.2) is 6.23 Å². The van der Waals surface area contributed by atoms with E-state index in [-0.39, 0.29) is 36.8 Å². The monoisotopic (exact) mass is 797 g/mol. The van der Waals surface area contributed by atoms with Crippen LogP contribution in [-0.2, 0) is 14.3 Å². The number of nitrogens with zero attached hydrogens (tertiary/aromatic N) is 5. The molecule has 2 fully saturated rings. The first-order valence-corrected chi connectivity index (χ1v) is 19.8. The summed E-state index contributed by atoms with van der Waals surface area (Å²) in [5.74, 6) is 0.169. The van der Waals surface area contributed by atoms with Crippen molar-refractivity contribution in [1.82, 2.24) is 39.6 Å². The van der Waals surface area contributed by atoms with Crippen molar-refractivity contribution in [1.29, 1.82) is 0 Å². The van der Waals surface area contributed by atoms with Gasteiger partial charge in [-0.15, -0.1) is 0 Å². The first kappa shape index (κ1) is 39.1. The number of nitrogens with one attached hydrogen (secondary N) is 3. The summed E-state index contributed by atoms with van der Waals surface area (Å²) < 4.78 is 44.2. The molecule has 3 aliphatic rings. The van der Waals surface area contributed by atoms with Crippen molar-refractivity contribution in [3.05, 3.63) is 66.3 Å². The molecule has 3 aliphatic heterocycles. The van der Waals surface area contributed by atoms with Gasteiger partial charge in [0.1, 0.15) is 35.4 Å². The van der Waals surface area contributed by atoms with E-state index in [9.17, 15) is 18.8 Å². The Morgan fingerprint density at radius 2 is 1.66 bits per heavy atom. The van der Waals surface area contributed by atoms with Crippen molar-refractivity contribution >= 4 is 28.8 Å². The third-order valence-electron chi connectivity index (χ3n) is 11.7. The van der Waals surface area contributed by atoms with Crippen LogP contribution in [0.1, 0.15) is 83.8 Å². The molecule has 1 unspecified atom stereocenters. The summed E-state index contributed by atoms with van der Waals surface area (Å²) in [6, 6.07) is 8.73. The molecule has 306 valence electrons. The van der Waals surface area contributed by atoms with Gasteiger partial charge >= 0.3 is 6.09 Å². The molecule has 2 saturated heterocycles. The Labute approximate surface area is 334 Å². The van der Waals surface area contributed by atoms with Gasteiger partial charge in [-0.25, -0.2) is 23.5 Å². The number of rotatable bonds is 9. The number of benzene rings is 2. The van der Waals surface area contributed by atoms with Crippen molar-refractivity contribution in [2.24, 2.45) is 17.6 Å². The predicted molar refractivity (Wildman–Crippen MR) is 212 cm³/mol. The minimum atomic E-state index is -1.29. The largest absolute Gasteiger partial charge is 0.470 e. The van der Waals surface area contributed by atoms with Crippen LogP contribution in [-0.4, -0.2) is 90.7 Å². The molecule has 16 heteroatoms. The molecular formula is C42H49F2N9O5. The van der Waals surface area contributed by atoms with Crippen molar-refractivity contribution in [2.75, 3.05) is 20.2 Å². The Morgan fingerprint density at radius 1 is 0.948 bits per heavy atom. The third kappa shape index (κ3) is 6.86. The van der Waals surface area contributed by atoms with E-state index in [4.69, 9.17) is 15.2 Å². The zero-order valence-electron chi connectivity index (χ0n) is 33.4. The number of ether oxygens (including phenoxy) is 2. The van der Waals surface area contributed by atoms with Crippen LogP contribution < -0.4 is 15.8 Å². The maximum Gasteiger partial charge on any atom is 0.407 e. The van der Waals surface area contributed by atoms with Crippen LogP contribution in [0, 0.1) is 17.7 Å². The summed E-state index contributed by atoms with van der Waals surface area (Å²) in [5.41, 5.74) is 10.7. The molecule has 6 atom stereocenters. The van der Waals surface area contributed by atoms with Crippen molar-refractivity contribution in [3.63, 3.8) is 0 Å². The first-order chi connectivity index (χ1) is 27.7. The lowest BCUT2D eigenvalue weighted by molar-refractivity contribution is -0.136. The number of carbonyl (C=O) groups excluding carboxylic acids is 3. The number of hydrogen-bond donors (Lipinski definition) is 4. The molecule has 14 nitrogen and oxygen atoms in total. The zero-order chi connectivity index (χ0) is 41.2.